The maximum Gasteiger partial charge on any atom is 0.134 e. The summed E-state index contributed by atoms with van der Waals surface area (Å²) in [7, 11) is 1.69. The van der Waals surface area contributed by atoms with E-state index in [0.29, 0.717) is 17.8 Å². The average molecular weight is 280 g/mol. The number of nitrogens with zero attached hydrogens (tertiary/aromatic N) is 2. The van der Waals surface area contributed by atoms with E-state index in [9.17, 15) is 0 Å². The second-order valence-corrected chi connectivity index (χ2v) is 5.12. The van der Waals surface area contributed by atoms with Crippen molar-refractivity contribution in [1.29, 1.82) is 0 Å². The van der Waals surface area contributed by atoms with E-state index in [0.717, 1.165) is 28.7 Å². The van der Waals surface area contributed by atoms with Crippen molar-refractivity contribution in [2.24, 2.45) is 0 Å². The van der Waals surface area contributed by atoms with Crippen LogP contribution in [-0.4, -0.2) is 29.7 Å². The van der Waals surface area contributed by atoms with Gasteiger partial charge in [-0.15, -0.1) is 0 Å². The molecular weight excluding hydrogens is 262 g/mol. The molecule has 0 spiro atoms. The van der Waals surface area contributed by atoms with Crippen molar-refractivity contribution in [3.8, 4) is 0 Å². The molecule has 0 aromatic carbocycles. The Morgan fingerprint density at radius 1 is 1.37 bits per heavy atom. The lowest BCUT2D eigenvalue weighted by atomic mass is 10.1. The zero-order valence-electron chi connectivity index (χ0n) is 11.4. The maximum absolute atomic E-state index is 5.96. The SMILES string of the molecule is COCCc1cc2cnc(Cl)cc2c(NC(C)C)n1. The Morgan fingerprint density at radius 3 is 2.84 bits per heavy atom. The van der Waals surface area contributed by atoms with Crippen LogP contribution in [0.2, 0.25) is 5.15 Å². The molecule has 0 radical (unpaired) electrons. The lowest BCUT2D eigenvalue weighted by Crippen LogP contribution is -2.12. The number of fused-ring (bicyclic) bond motifs is 1. The van der Waals surface area contributed by atoms with Crippen LogP contribution in [0, 0.1) is 0 Å². The van der Waals surface area contributed by atoms with Gasteiger partial charge in [0.05, 0.1) is 6.61 Å². The number of hydrogen-bond donors (Lipinski definition) is 1. The topological polar surface area (TPSA) is 47.0 Å². The van der Waals surface area contributed by atoms with Gasteiger partial charge in [0.1, 0.15) is 11.0 Å². The van der Waals surface area contributed by atoms with Crippen LogP contribution in [0.4, 0.5) is 5.82 Å². The molecule has 0 fully saturated rings. The zero-order chi connectivity index (χ0) is 13.8. The van der Waals surface area contributed by atoms with Crippen molar-refractivity contribution in [2.45, 2.75) is 26.3 Å². The molecule has 0 atom stereocenters. The third-order valence-electron chi connectivity index (χ3n) is 2.72. The van der Waals surface area contributed by atoms with Crippen LogP contribution in [0.3, 0.4) is 0 Å². The lowest BCUT2D eigenvalue weighted by molar-refractivity contribution is 0.201. The number of rotatable bonds is 5. The monoisotopic (exact) mass is 279 g/mol. The number of pyridine rings is 2. The number of methoxy groups -OCH3 is 1. The highest BCUT2D eigenvalue weighted by Crippen LogP contribution is 2.25. The molecule has 4 nitrogen and oxygen atoms in total. The molecule has 2 aromatic rings. The van der Waals surface area contributed by atoms with E-state index in [1.807, 2.05) is 12.1 Å². The van der Waals surface area contributed by atoms with Crippen LogP contribution in [-0.2, 0) is 11.2 Å². The summed E-state index contributed by atoms with van der Waals surface area (Å²) in [4.78, 5) is 8.77. The molecule has 5 heteroatoms. The molecule has 0 aliphatic carbocycles. The lowest BCUT2D eigenvalue weighted by Gasteiger charge is -2.14. The highest BCUT2D eigenvalue weighted by Gasteiger charge is 2.08. The largest absolute Gasteiger partial charge is 0.384 e. The van der Waals surface area contributed by atoms with Crippen LogP contribution in [0.25, 0.3) is 10.8 Å². The first-order valence-electron chi connectivity index (χ1n) is 6.31. The number of aromatic nitrogens is 2. The van der Waals surface area contributed by atoms with Crippen molar-refractivity contribution in [3.05, 3.63) is 29.2 Å². The number of ether oxygens (including phenoxy) is 1. The van der Waals surface area contributed by atoms with Crippen LogP contribution in [0.15, 0.2) is 18.3 Å². The summed E-state index contributed by atoms with van der Waals surface area (Å²) in [5.74, 6) is 0.850. The molecule has 0 bridgehead atoms. The summed E-state index contributed by atoms with van der Waals surface area (Å²) in [6.45, 7) is 4.82. The first-order valence-corrected chi connectivity index (χ1v) is 6.68. The summed E-state index contributed by atoms with van der Waals surface area (Å²) in [6, 6.07) is 4.18. The molecule has 1 N–H and O–H groups in total. The minimum absolute atomic E-state index is 0.306. The predicted octanol–water partition coefficient (Wildman–Crippen LogP) is 3.29. The van der Waals surface area contributed by atoms with Gasteiger partial charge in [0, 0.05) is 42.2 Å². The van der Waals surface area contributed by atoms with Crippen molar-refractivity contribution < 1.29 is 4.74 Å². The molecule has 0 amide bonds. The van der Waals surface area contributed by atoms with Crippen LogP contribution < -0.4 is 5.32 Å². The van der Waals surface area contributed by atoms with Gasteiger partial charge in [0.15, 0.2) is 0 Å². The Kier molecular flexibility index (Phi) is 4.56. The molecule has 2 aromatic heterocycles. The van der Waals surface area contributed by atoms with Crippen molar-refractivity contribution >= 4 is 28.2 Å². The van der Waals surface area contributed by atoms with E-state index in [1.54, 1.807) is 13.3 Å². The van der Waals surface area contributed by atoms with Gasteiger partial charge >= 0.3 is 0 Å². The van der Waals surface area contributed by atoms with Gasteiger partial charge in [-0.3, -0.25) is 0 Å². The number of halogens is 1. The fraction of sp³-hybridized carbons (Fsp3) is 0.429. The van der Waals surface area contributed by atoms with Gasteiger partial charge in [0.25, 0.3) is 0 Å². The second-order valence-electron chi connectivity index (χ2n) is 4.73. The van der Waals surface area contributed by atoms with E-state index in [-0.39, 0.29) is 0 Å². The number of hydrogen-bond acceptors (Lipinski definition) is 4. The Balaban J connectivity index is 2.48. The normalized spacial score (nSPS) is 11.2. The summed E-state index contributed by atoms with van der Waals surface area (Å²) in [5, 5.41) is 5.86. The van der Waals surface area contributed by atoms with Crippen molar-refractivity contribution in [2.75, 3.05) is 19.0 Å². The van der Waals surface area contributed by atoms with Gasteiger partial charge in [-0.05, 0) is 26.0 Å². The minimum Gasteiger partial charge on any atom is -0.384 e. The molecule has 2 rings (SSSR count). The van der Waals surface area contributed by atoms with Crippen molar-refractivity contribution in [1.82, 2.24) is 9.97 Å². The number of nitrogens with one attached hydrogen (secondary N) is 1. The van der Waals surface area contributed by atoms with E-state index in [2.05, 4.69) is 29.1 Å². The molecule has 19 heavy (non-hydrogen) atoms. The van der Waals surface area contributed by atoms with Gasteiger partial charge in [0.2, 0.25) is 0 Å². The average Bonchev–Trinajstić information content (AvgIpc) is 2.36. The predicted molar refractivity (Wildman–Crippen MR) is 78.9 cm³/mol. The Bertz CT molecular complexity index is 572. The highest BCUT2D eigenvalue weighted by molar-refractivity contribution is 6.30. The van der Waals surface area contributed by atoms with Crippen LogP contribution >= 0.6 is 11.6 Å². The van der Waals surface area contributed by atoms with Crippen molar-refractivity contribution in [3.63, 3.8) is 0 Å². The van der Waals surface area contributed by atoms with Crippen LogP contribution in [0.5, 0.6) is 0 Å². The molecule has 0 saturated carbocycles. The van der Waals surface area contributed by atoms with Crippen LogP contribution in [0.1, 0.15) is 19.5 Å². The van der Waals surface area contributed by atoms with E-state index >= 15 is 0 Å². The minimum atomic E-state index is 0.306. The highest BCUT2D eigenvalue weighted by atomic mass is 35.5. The van der Waals surface area contributed by atoms with Gasteiger partial charge in [-0.25, -0.2) is 9.97 Å². The van der Waals surface area contributed by atoms with E-state index < -0.39 is 0 Å². The summed E-state index contributed by atoms with van der Waals surface area (Å²) >= 11 is 5.96. The molecule has 102 valence electrons. The Morgan fingerprint density at radius 2 is 2.16 bits per heavy atom. The molecule has 0 aliphatic heterocycles. The Labute approximate surface area is 118 Å². The third kappa shape index (κ3) is 3.55. The molecule has 0 aliphatic rings. The summed E-state index contributed by atoms with van der Waals surface area (Å²) < 4.78 is 5.10. The maximum atomic E-state index is 5.96. The summed E-state index contributed by atoms with van der Waals surface area (Å²) in [6.07, 6.45) is 2.56. The first-order chi connectivity index (χ1) is 9.10. The molecule has 0 saturated heterocycles. The fourth-order valence-electron chi connectivity index (χ4n) is 1.89. The van der Waals surface area contributed by atoms with Gasteiger partial charge in [-0.1, -0.05) is 11.6 Å². The molecule has 2 heterocycles. The van der Waals surface area contributed by atoms with Gasteiger partial charge < -0.3 is 10.1 Å². The van der Waals surface area contributed by atoms with E-state index in [1.165, 1.54) is 0 Å². The second kappa shape index (κ2) is 6.17. The first kappa shape index (κ1) is 14.0. The fourth-order valence-corrected chi connectivity index (χ4v) is 2.05. The zero-order valence-corrected chi connectivity index (χ0v) is 12.2. The number of anilines is 1. The standard InChI is InChI=1S/C14H18ClN3O/c1-9(2)17-14-12-7-13(15)16-8-10(12)6-11(18-14)4-5-19-3/h6-9H,4-5H2,1-3H3,(H,17,18). The smallest absolute Gasteiger partial charge is 0.134 e. The van der Waals surface area contributed by atoms with Gasteiger partial charge in [-0.2, -0.15) is 0 Å². The molecule has 0 unspecified atom stereocenters. The third-order valence-corrected chi connectivity index (χ3v) is 2.93. The van der Waals surface area contributed by atoms with E-state index in [4.69, 9.17) is 16.3 Å². The molecular formula is C14H18ClN3O. The quantitative estimate of drug-likeness (QED) is 0.853. The summed E-state index contributed by atoms with van der Waals surface area (Å²) in [5.41, 5.74) is 0.988. The Hall–Kier alpha value is -1.39.